The number of likely N-dealkylation sites (N-methyl/N-ethyl adjacent to an activating group) is 1. The van der Waals surface area contributed by atoms with Gasteiger partial charge in [-0.3, -0.25) is 9.78 Å². The van der Waals surface area contributed by atoms with Gasteiger partial charge >= 0.3 is 0 Å². The van der Waals surface area contributed by atoms with Crippen molar-refractivity contribution in [2.75, 3.05) is 20.6 Å². The Labute approximate surface area is 192 Å². The molecule has 0 aliphatic rings. The van der Waals surface area contributed by atoms with E-state index in [-0.39, 0.29) is 66.1 Å². The summed E-state index contributed by atoms with van der Waals surface area (Å²) in [6.07, 6.45) is 1.48. The summed E-state index contributed by atoms with van der Waals surface area (Å²) in [5, 5.41) is 10.9. The Morgan fingerprint density at radius 2 is 1.87 bits per heavy atom. The molecule has 2 aromatic rings. The lowest BCUT2D eigenvalue weighted by atomic mass is 10.2. The molecule has 1 heterocycles. The fraction of sp³-hybridized carbons (Fsp3) is 0.278. The monoisotopic (exact) mass is 550 g/mol. The van der Waals surface area contributed by atoms with Gasteiger partial charge in [0.05, 0.1) is 30.2 Å². The molecule has 0 spiro atoms. The van der Waals surface area contributed by atoms with E-state index in [9.17, 15) is 17.6 Å². The Balaban J connectivity index is 0.00000450. The molecule has 0 saturated carbocycles. The number of primary sulfonamides is 1. The highest BCUT2D eigenvalue weighted by molar-refractivity contribution is 14.0. The first-order valence-corrected chi connectivity index (χ1v) is 10.1. The molecule has 12 heteroatoms. The molecule has 0 bridgehead atoms. The van der Waals surface area contributed by atoms with E-state index in [1.807, 2.05) is 0 Å². The standard InChI is InChI=1S/C18H23FN6O3S.HI/c1-25(2)17(26)12-24-18(23-11-16-15(19)4-3-9-21-16)22-10-13-5-7-14(8-6-13)29(20,27)28;/h3-9H,10-12H2,1-2H3,(H2,20,27,28)(H2,22,23,24);1H. The topological polar surface area (TPSA) is 130 Å². The molecule has 0 unspecified atom stereocenters. The lowest BCUT2D eigenvalue weighted by Gasteiger charge is -2.15. The summed E-state index contributed by atoms with van der Waals surface area (Å²) in [6, 6.07) is 8.75. The molecule has 0 saturated heterocycles. The number of rotatable bonds is 7. The first kappa shape index (κ1) is 25.7. The maximum absolute atomic E-state index is 13.8. The van der Waals surface area contributed by atoms with Crippen LogP contribution in [-0.4, -0.2) is 50.8 Å². The van der Waals surface area contributed by atoms with Gasteiger partial charge in [0.15, 0.2) is 5.96 Å². The maximum atomic E-state index is 13.8. The molecule has 9 nitrogen and oxygen atoms in total. The average Bonchev–Trinajstić information content (AvgIpc) is 2.67. The van der Waals surface area contributed by atoms with Crippen LogP contribution in [0.2, 0.25) is 0 Å². The number of nitrogens with one attached hydrogen (secondary N) is 2. The SMILES string of the molecule is CN(C)C(=O)CNC(=NCc1ccc(S(N)(=O)=O)cc1)NCc1ncccc1F.I. The molecule has 164 valence electrons. The number of pyridine rings is 1. The van der Waals surface area contributed by atoms with E-state index in [0.29, 0.717) is 0 Å². The molecule has 0 radical (unpaired) electrons. The minimum absolute atomic E-state index is 0. The minimum atomic E-state index is -3.77. The predicted octanol–water partition coefficient (Wildman–Crippen LogP) is 0.810. The Morgan fingerprint density at radius 1 is 1.20 bits per heavy atom. The van der Waals surface area contributed by atoms with E-state index >= 15 is 0 Å². The number of benzene rings is 1. The van der Waals surface area contributed by atoms with Crippen LogP contribution in [-0.2, 0) is 27.9 Å². The van der Waals surface area contributed by atoms with E-state index < -0.39 is 15.8 Å². The van der Waals surface area contributed by atoms with Crippen molar-refractivity contribution in [2.45, 2.75) is 18.0 Å². The highest BCUT2D eigenvalue weighted by Gasteiger charge is 2.09. The largest absolute Gasteiger partial charge is 0.351 e. The third kappa shape index (κ3) is 8.20. The number of sulfonamides is 1. The van der Waals surface area contributed by atoms with Crippen molar-refractivity contribution in [2.24, 2.45) is 10.1 Å². The van der Waals surface area contributed by atoms with Gasteiger partial charge < -0.3 is 15.5 Å². The van der Waals surface area contributed by atoms with Crippen LogP contribution in [0.1, 0.15) is 11.3 Å². The van der Waals surface area contributed by atoms with Crippen molar-refractivity contribution in [3.8, 4) is 0 Å². The summed E-state index contributed by atoms with van der Waals surface area (Å²) in [5.74, 6) is -0.343. The number of hydrogen-bond donors (Lipinski definition) is 3. The number of guanidine groups is 1. The maximum Gasteiger partial charge on any atom is 0.241 e. The Kier molecular flexibility index (Phi) is 10.1. The number of carbonyl (C=O) groups is 1. The molecule has 0 aliphatic carbocycles. The van der Waals surface area contributed by atoms with Crippen molar-refractivity contribution in [3.05, 3.63) is 59.7 Å². The smallest absolute Gasteiger partial charge is 0.241 e. The Morgan fingerprint density at radius 3 is 2.43 bits per heavy atom. The molecule has 4 N–H and O–H groups in total. The van der Waals surface area contributed by atoms with Crippen LogP contribution in [0.3, 0.4) is 0 Å². The second-order valence-corrected chi connectivity index (χ2v) is 7.84. The van der Waals surface area contributed by atoms with Crippen molar-refractivity contribution >= 4 is 45.9 Å². The van der Waals surface area contributed by atoms with Crippen molar-refractivity contribution < 1.29 is 17.6 Å². The molecule has 30 heavy (non-hydrogen) atoms. The summed E-state index contributed by atoms with van der Waals surface area (Å²) in [4.78, 5) is 21.6. The summed E-state index contributed by atoms with van der Waals surface area (Å²) in [6.45, 7) is 0.258. The lowest BCUT2D eigenvalue weighted by molar-refractivity contribution is -0.127. The number of aromatic nitrogens is 1. The normalized spacial score (nSPS) is 11.4. The first-order valence-electron chi connectivity index (χ1n) is 8.60. The summed E-state index contributed by atoms with van der Waals surface area (Å²) in [7, 11) is -0.507. The zero-order valence-corrected chi connectivity index (χ0v) is 19.6. The fourth-order valence-corrected chi connectivity index (χ4v) is 2.68. The quantitative estimate of drug-likeness (QED) is 0.266. The van der Waals surface area contributed by atoms with Crippen LogP contribution in [0, 0.1) is 5.82 Å². The number of amides is 1. The van der Waals surface area contributed by atoms with E-state index in [2.05, 4.69) is 20.6 Å². The second kappa shape index (κ2) is 11.8. The number of nitrogens with zero attached hydrogens (tertiary/aromatic N) is 3. The fourth-order valence-electron chi connectivity index (χ4n) is 2.16. The molecule has 2 rings (SSSR count). The van der Waals surface area contributed by atoms with Crippen LogP contribution in [0.15, 0.2) is 52.5 Å². The van der Waals surface area contributed by atoms with Gasteiger partial charge in [-0.15, -0.1) is 24.0 Å². The lowest BCUT2D eigenvalue weighted by Crippen LogP contribution is -2.42. The number of hydrogen-bond acceptors (Lipinski definition) is 5. The minimum Gasteiger partial charge on any atom is -0.351 e. The zero-order chi connectivity index (χ0) is 21.4. The molecule has 0 atom stereocenters. The molecule has 0 fully saturated rings. The van der Waals surface area contributed by atoms with E-state index in [0.717, 1.165) is 5.56 Å². The number of aliphatic imine (C=N–C) groups is 1. The molecule has 0 aliphatic heterocycles. The van der Waals surface area contributed by atoms with Crippen LogP contribution in [0.5, 0.6) is 0 Å². The third-order valence-corrected chi connectivity index (χ3v) is 4.76. The number of nitrogens with two attached hydrogens (primary N) is 1. The number of halogens is 2. The van der Waals surface area contributed by atoms with Gasteiger partial charge in [0, 0.05) is 20.3 Å². The van der Waals surface area contributed by atoms with Gasteiger partial charge in [-0.1, -0.05) is 12.1 Å². The number of carbonyl (C=O) groups excluding carboxylic acids is 1. The van der Waals surface area contributed by atoms with Crippen LogP contribution < -0.4 is 15.8 Å². The van der Waals surface area contributed by atoms with Crippen molar-refractivity contribution in [1.82, 2.24) is 20.5 Å². The molecular formula is C18H24FIN6O3S. The van der Waals surface area contributed by atoms with Gasteiger partial charge in [0.1, 0.15) is 5.82 Å². The second-order valence-electron chi connectivity index (χ2n) is 6.28. The molecule has 1 aromatic carbocycles. The molecule has 1 aromatic heterocycles. The highest BCUT2D eigenvalue weighted by atomic mass is 127. The predicted molar refractivity (Wildman–Crippen MR) is 122 cm³/mol. The van der Waals surface area contributed by atoms with Gasteiger partial charge in [0.25, 0.3) is 0 Å². The van der Waals surface area contributed by atoms with E-state index in [1.54, 1.807) is 26.2 Å². The van der Waals surface area contributed by atoms with Crippen molar-refractivity contribution in [3.63, 3.8) is 0 Å². The zero-order valence-electron chi connectivity index (χ0n) is 16.5. The Hall–Kier alpha value is -2.32. The van der Waals surface area contributed by atoms with Gasteiger partial charge in [0.2, 0.25) is 15.9 Å². The van der Waals surface area contributed by atoms with E-state index in [4.69, 9.17) is 5.14 Å². The van der Waals surface area contributed by atoms with E-state index in [1.165, 1.54) is 35.4 Å². The first-order chi connectivity index (χ1) is 13.7. The van der Waals surface area contributed by atoms with Crippen LogP contribution >= 0.6 is 24.0 Å². The van der Waals surface area contributed by atoms with Crippen LogP contribution in [0.4, 0.5) is 4.39 Å². The van der Waals surface area contributed by atoms with Gasteiger partial charge in [-0.2, -0.15) is 0 Å². The average molecular weight is 550 g/mol. The summed E-state index contributed by atoms with van der Waals surface area (Å²) < 4.78 is 36.4. The van der Waals surface area contributed by atoms with Gasteiger partial charge in [-0.05, 0) is 29.8 Å². The van der Waals surface area contributed by atoms with Gasteiger partial charge in [-0.25, -0.2) is 22.9 Å². The van der Waals surface area contributed by atoms with Crippen LogP contribution in [0.25, 0.3) is 0 Å². The summed E-state index contributed by atoms with van der Waals surface area (Å²) >= 11 is 0. The third-order valence-electron chi connectivity index (χ3n) is 3.84. The molecular weight excluding hydrogens is 526 g/mol. The highest BCUT2D eigenvalue weighted by Crippen LogP contribution is 2.09. The molecule has 1 amide bonds. The summed E-state index contributed by atoms with van der Waals surface area (Å²) in [5.41, 5.74) is 0.930. The Bertz CT molecular complexity index is 984. The van der Waals surface area contributed by atoms with Crippen molar-refractivity contribution in [1.29, 1.82) is 0 Å².